The number of amidine groups is 1. The molecule has 1 amide bonds. The van der Waals surface area contributed by atoms with E-state index < -0.39 is 0 Å². The summed E-state index contributed by atoms with van der Waals surface area (Å²) in [6.07, 6.45) is 7.06. The second kappa shape index (κ2) is 9.93. The van der Waals surface area contributed by atoms with Crippen molar-refractivity contribution in [3.63, 3.8) is 0 Å². The second-order valence-electron chi connectivity index (χ2n) is 8.38. The van der Waals surface area contributed by atoms with E-state index in [-0.39, 0.29) is 18.1 Å². The van der Waals surface area contributed by atoms with Crippen LogP contribution < -0.4 is 26.0 Å². The van der Waals surface area contributed by atoms with Gasteiger partial charge in [-0.1, -0.05) is 36.9 Å². The van der Waals surface area contributed by atoms with E-state index in [1.807, 2.05) is 36.5 Å². The molecule has 2 aromatic carbocycles. The van der Waals surface area contributed by atoms with Crippen molar-refractivity contribution in [2.24, 2.45) is 9.98 Å². The molecule has 5 rings (SSSR count). The normalized spacial score (nSPS) is 20.9. The van der Waals surface area contributed by atoms with Crippen LogP contribution in [0, 0.1) is 0 Å². The van der Waals surface area contributed by atoms with Crippen LogP contribution in [-0.4, -0.2) is 49.9 Å². The van der Waals surface area contributed by atoms with Crippen LogP contribution in [0.3, 0.4) is 0 Å². The molecular formula is C26H28N6O2. The fourth-order valence-corrected chi connectivity index (χ4v) is 4.24. The molecule has 3 aliphatic heterocycles. The molecule has 1 unspecified atom stereocenters. The molecule has 174 valence electrons. The van der Waals surface area contributed by atoms with E-state index in [2.05, 4.69) is 56.0 Å². The van der Waals surface area contributed by atoms with Gasteiger partial charge in [-0.3, -0.25) is 9.79 Å². The minimum atomic E-state index is -0.288. The molecule has 0 radical (unpaired) electrons. The molecule has 0 spiro atoms. The van der Waals surface area contributed by atoms with Gasteiger partial charge in [-0.2, -0.15) is 0 Å². The summed E-state index contributed by atoms with van der Waals surface area (Å²) < 4.78 is 6.23. The van der Waals surface area contributed by atoms with Gasteiger partial charge in [0.05, 0.1) is 23.1 Å². The molecule has 0 aromatic heterocycles. The maximum Gasteiger partial charge on any atom is 0.247 e. The summed E-state index contributed by atoms with van der Waals surface area (Å²) in [5, 5.41) is 13.1. The number of carbonyl (C=O) groups excluding carboxylic acids is 1. The first-order valence-corrected chi connectivity index (χ1v) is 11.5. The van der Waals surface area contributed by atoms with Crippen molar-refractivity contribution in [3.05, 3.63) is 72.3 Å². The Bertz CT molecular complexity index is 1170. The molecule has 3 heterocycles. The lowest BCUT2D eigenvalue weighted by Crippen LogP contribution is -2.37. The molecule has 8 heteroatoms. The second-order valence-corrected chi connectivity index (χ2v) is 8.38. The molecule has 0 bridgehead atoms. The zero-order valence-electron chi connectivity index (χ0n) is 18.9. The van der Waals surface area contributed by atoms with Crippen molar-refractivity contribution < 1.29 is 9.53 Å². The Morgan fingerprint density at radius 1 is 1.24 bits per heavy atom. The minimum absolute atomic E-state index is 0.0455. The van der Waals surface area contributed by atoms with Gasteiger partial charge in [0.25, 0.3) is 0 Å². The molecule has 1 saturated heterocycles. The summed E-state index contributed by atoms with van der Waals surface area (Å²) in [6, 6.07) is 14.0. The summed E-state index contributed by atoms with van der Waals surface area (Å²) in [7, 11) is 0. The molecule has 2 atom stereocenters. The van der Waals surface area contributed by atoms with Gasteiger partial charge in [0.2, 0.25) is 5.91 Å². The number of nitrogens with zero attached hydrogens (tertiary/aromatic N) is 2. The van der Waals surface area contributed by atoms with Crippen LogP contribution in [0.5, 0.6) is 5.75 Å². The third kappa shape index (κ3) is 4.87. The third-order valence-electron chi connectivity index (χ3n) is 5.97. The number of ether oxygens (including phenoxy) is 1. The molecule has 34 heavy (non-hydrogen) atoms. The Labute approximate surface area is 198 Å². The summed E-state index contributed by atoms with van der Waals surface area (Å²) in [5.41, 5.74) is 4.40. The van der Waals surface area contributed by atoms with Crippen LogP contribution in [0.1, 0.15) is 24.0 Å². The maximum atomic E-state index is 12.1. The van der Waals surface area contributed by atoms with E-state index >= 15 is 0 Å². The van der Waals surface area contributed by atoms with Crippen LogP contribution in [0.4, 0.5) is 11.4 Å². The van der Waals surface area contributed by atoms with Gasteiger partial charge in [0.1, 0.15) is 24.4 Å². The molecule has 3 aliphatic rings. The van der Waals surface area contributed by atoms with Gasteiger partial charge in [-0.25, -0.2) is 4.99 Å². The van der Waals surface area contributed by atoms with Gasteiger partial charge < -0.3 is 26.0 Å². The molecule has 0 saturated carbocycles. The molecular weight excluding hydrogens is 428 g/mol. The highest BCUT2D eigenvalue weighted by molar-refractivity contribution is 6.08. The Balaban J connectivity index is 1.41. The standard InChI is InChI=1S/C26H28N6O2/c1-2-25(33)32-23-13-20-22(14-24(23)34-19-9-10-27-15-19)29-16-30-26(20)31-18-8-11-28-21(12-18)17-6-4-3-5-7-17/h2-7,11-14,18-19,27,29H,1,8-10,15-16H2,(H,30,31)(H,32,33)/t18?,19-/m1/s1. The van der Waals surface area contributed by atoms with Crippen molar-refractivity contribution >= 4 is 35.0 Å². The number of hydrogen-bond acceptors (Lipinski definition) is 7. The highest BCUT2D eigenvalue weighted by atomic mass is 16.5. The Kier molecular flexibility index (Phi) is 6.40. The number of aliphatic imine (C=N–C) groups is 2. The van der Waals surface area contributed by atoms with E-state index in [1.54, 1.807) is 0 Å². The number of carbonyl (C=O) groups is 1. The zero-order chi connectivity index (χ0) is 23.3. The molecule has 0 aliphatic carbocycles. The van der Waals surface area contributed by atoms with Crippen molar-refractivity contribution in [1.29, 1.82) is 0 Å². The molecule has 8 nitrogen and oxygen atoms in total. The van der Waals surface area contributed by atoms with Gasteiger partial charge >= 0.3 is 0 Å². The minimum Gasteiger partial charge on any atom is -0.487 e. The molecule has 4 N–H and O–H groups in total. The van der Waals surface area contributed by atoms with Crippen LogP contribution in [0.25, 0.3) is 5.70 Å². The van der Waals surface area contributed by atoms with E-state index in [0.717, 1.165) is 54.3 Å². The van der Waals surface area contributed by atoms with Gasteiger partial charge in [0, 0.05) is 30.8 Å². The lowest BCUT2D eigenvalue weighted by molar-refractivity contribution is -0.111. The van der Waals surface area contributed by atoms with Gasteiger partial charge in [-0.05, 0) is 36.7 Å². The summed E-state index contributed by atoms with van der Waals surface area (Å²) >= 11 is 0. The number of rotatable bonds is 6. The number of nitrogens with one attached hydrogen (secondary N) is 4. The third-order valence-corrected chi connectivity index (χ3v) is 5.97. The van der Waals surface area contributed by atoms with Crippen LogP contribution in [0.15, 0.2) is 71.2 Å². The predicted molar refractivity (Wildman–Crippen MR) is 137 cm³/mol. The van der Waals surface area contributed by atoms with Crippen molar-refractivity contribution in [2.75, 3.05) is 30.4 Å². The Morgan fingerprint density at radius 3 is 2.91 bits per heavy atom. The fourth-order valence-electron chi connectivity index (χ4n) is 4.24. The van der Waals surface area contributed by atoms with Gasteiger partial charge in [0.15, 0.2) is 0 Å². The SMILES string of the molecule is C=CC(=O)Nc1cc2c(cc1O[C@@H]1CCNC1)NCN=C2NC1C=C(c2ccccc2)N=CC1. The zero-order valence-corrected chi connectivity index (χ0v) is 18.9. The topological polar surface area (TPSA) is 99.1 Å². The van der Waals surface area contributed by atoms with Crippen molar-refractivity contribution in [1.82, 2.24) is 10.6 Å². The van der Waals surface area contributed by atoms with E-state index in [9.17, 15) is 4.79 Å². The number of amides is 1. The molecule has 2 aromatic rings. The lowest BCUT2D eigenvalue weighted by atomic mass is 10.0. The van der Waals surface area contributed by atoms with E-state index in [1.165, 1.54) is 6.08 Å². The summed E-state index contributed by atoms with van der Waals surface area (Å²) in [4.78, 5) is 21.4. The van der Waals surface area contributed by atoms with Crippen LogP contribution >= 0.6 is 0 Å². The number of fused-ring (bicyclic) bond motifs is 1. The number of anilines is 2. The van der Waals surface area contributed by atoms with Crippen molar-refractivity contribution in [2.45, 2.75) is 25.0 Å². The number of benzene rings is 2. The molecule has 1 fully saturated rings. The highest BCUT2D eigenvalue weighted by Crippen LogP contribution is 2.35. The highest BCUT2D eigenvalue weighted by Gasteiger charge is 2.24. The first-order chi connectivity index (χ1) is 16.7. The van der Waals surface area contributed by atoms with Crippen LogP contribution in [0.2, 0.25) is 0 Å². The van der Waals surface area contributed by atoms with Crippen LogP contribution in [-0.2, 0) is 4.79 Å². The largest absolute Gasteiger partial charge is 0.487 e. The monoisotopic (exact) mass is 456 g/mol. The smallest absolute Gasteiger partial charge is 0.247 e. The quantitative estimate of drug-likeness (QED) is 0.501. The van der Waals surface area contributed by atoms with Gasteiger partial charge in [-0.15, -0.1) is 0 Å². The first-order valence-electron chi connectivity index (χ1n) is 11.5. The van der Waals surface area contributed by atoms with Crippen molar-refractivity contribution in [3.8, 4) is 5.75 Å². The summed E-state index contributed by atoms with van der Waals surface area (Å²) in [6.45, 7) is 5.73. The summed E-state index contributed by atoms with van der Waals surface area (Å²) in [5.74, 6) is 1.11. The van der Waals surface area contributed by atoms with E-state index in [4.69, 9.17) is 4.74 Å². The Morgan fingerprint density at radius 2 is 2.12 bits per heavy atom. The lowest BCUT2D eigenvalue weighted by Gasteiger charge is -2.26. The fraction of sp³-hybridized carbons (Fsp3) is 0.269. The number of hydrogen-bond donors (Lipinski definition) is 4. The predicted octanol–water partition coefficient (Wildman–Crippen LogP) is 3.16. The average molecular weight is 457 g/mol. The maximum absolute atomic E-state index is 12.1. The first kappa shape index (κ1) is 21.9. The Hall–Kier alpha value is -3.91. The van der Waals surface area contributed by atoms with E-state index in [0.29, 0.717) is 18.1 Å². The average Bonchev–Trinajstić information content (AvgIpc) is 3.38.